The van der Waals surface area contributed by atoms with Crippen LogP contribution in [0.15, 0.2) is 59.4 Å². The van der Waals surface area contributed by atoms with E-state index in [2.05, 4.69) is 21.0 Å². The normalized spacial score (nSPS) is 11.0. The van der Waals surface area contributed by atoms with Crippen molar-refractivity contribution in [2.24, 2.45) is 0 Å². The quantitative estimate of drug-likeness (QED) is 0.529. The van der Waals surface area contributed by atoms with Gasteiger partial charge in [-0.15, -0.1) is 23.7 Å². The van der Waals surface area contributed by atoms with Crippen molar-refractivity contribution < 1.29 is 4.42 Å². The standard InChI is InChI=1S/C17H11N3OS.ClH/c1-2-4-16-14(3-1)20-17(22-16)15-8-7-13(21-15)6-5-12-9-10-18-11-19-12;/h1-11H;1H/b6-5+;. The Labute approximate surface area is 143 Å². The smallest absolute Gasteiger partial charge is 0.163 e. The first-order valence-electron chi connectivity index (χ1n) is 6.78. The minimum absolute atomic E-state index is 0. The van der Waals surface area contributed by atoms with Gasteiger partial charge in [-0.25, -0.2) is 15.0 Å². The zero-order valence-electron chi connectivity index (χ0n) is 11.9. The van der Waals surface area contributed by atoms with Crippen molar-refractivity contribution in [3.8, 4) is 10.8 Å². The van der Waals surface area contributed by atoms with E-state index in [-0.39, 0.29) is 12.4 Å². The molecule has 3 aromatic heterocycles. The lowest BCUT2D eigenvalue weighted by Crippen LogP contribution is -1.79. The molecule has 0 amide bonds. The van der Waals surface area contributed by atoms with Crippen LogP contribution in [0.5, 0.6) is 0 Å². The predicted octanol–water partition coefficient (Wildman–Crippen LogP) is 4.94. The number of rotatable bonds is 3. The number of aromatic nitrogens is 3. The van der Waals surface area contributed by atoms with Gasteiger partial charge in [0.1, 0.15) is 12.1 Å². The first-order valence-corrected chi connectivity index (χ1v) is 7.60. The van der Waals surface area contributed by atoms with E-state index < -0.39 is 0 Å². The summed E-state index contributed by atoms with van der Waals surface area (Å²) in [5.41, 5.74) is 1.84. The highest BCUT2D eigenvalue weighted by molar-refractivity contribution is 7.21. The number of fused-ring (bicyclic) bond motifs is 1. The van der Waals surface area contributed by atoms with Crippen molar-refractivity contribution in [2.45, 2.75) is 0 Å². The van der Waals surface area contributed by atoms with E-state index in [1.54, 1.807) is 17.5 Å². The van der Waals surface area contributed by atoms with Crippen LogP contribution in [0.4, 0.5) is 0 Å². The molecule has 3 heterocycles. The average Bonchev–Trinajstić information content (AvgIpc) is 3.20. The lowest BCUT2D eigenvalue weighted by Gasteiger charge is -1.90. The fourth-order valence-corrected chi connectivity index (χ4v) is 3.03. The highest BCUT2D eigenvalue weighted by Crippen LogP contribution is 2.31. The minimum atomic E-state index is 0. The van der Waals surface area contributed by atoms with E-state index >= 15 is 0 Å². The molecular weight excluding hydrogens is 330 g/mol. The molecule has 0 saturated heterocycles. The van der Waals surface area contributed by atoms with E-state index in [1.165, 1.54) is 6.33 Å². The zero-order valence-corrected chi connectivity index (χ0v) is 13.6. The van der Waals surface area contributed by atoms with E-state index in [1.807, 2.05) is 48.6 Å². The summed E-state index contributed by atoms with van der Waals surface area (Å²) in [6.07, 6.45) is 7.01. The maximum atomic E-state index is 5.84. The Kier molecular flexibility index (Phi) is 4.50. The molecule has 4 rings (SSSR count). The van der Waals surface area contributed by atoms with Gasteiger partial charge in [-0.05, 0) is 42.5 Å². The van der Waals surface area contributed by atoms with Gasteiger partial charge in [-0.2, -0.15) is 0 Å². The number of para-hydroxylation sites is 1. The topological polar surface area (TPSA) is 51.8 Å². The van der Waals surface area contributed by atoms with Gasteiger partial charge in [-0.3, -0.25) is 0 Å². The van der Waals surface area contributed by atoms with Crippen molar-refractivity contribution in [1.29, 1.82) is 0 Å². The Morgan fingerprint density at radius 3 is 2.74 bits per heavy atom. The number of benzene rings is 1. The van der Waals surface area contributed by atoms with Crippen LogP contribution in [0.3, 0.4) is 0 Å². The highest BCUT2D eigenvalue weighted by Gasteiger charge is 2.09. The number of thiazole rings is 1. The number of furan rings is 1. The third-order valence-electron chi connectivity index (χ3n) is 3.15. The van der Waals surface area contributed by atoms with Crippen LogP contribution in [0.1, 0.15) is 11.5 Å². The molecule has 23 heavy (non-hydrogen) atoms. The fourth-order valence-electron chi connectivity index (χ4n) is 2.10. The second-order valence-electron chi connectivity index (χ2n) is 4.66. The SMILES string of the molecule is C(=C\c1ccc(-c2nc3ccccc3s2)o1)/c1ccncn1.Cl. The van der Waals surface area contributed by atoms with Crippen LogP contribution < -0.4 is 0 Å². The van der Waals surface area contributed by atoms with Crippen LogP contribution >= 0.6 is 23.7 Å². The summed E-state index contributed by atoms with van der Waals surface area (Å²) in [5.74, 6) is 1.55. The molecule has 0 radical (unpaired) electrons. The van der Waals surface area contributed by atoms with Crippen LogP contribution in [0, 0.1) is 0 Å². The van der Waals surface area contributed by atoms with Gasteiger partial charge in [0.05, 0.1) is 15.9 Å². The van der Waals surface area contributed by atoms with Crippen molar-refractivity contribution in [2.75, 3.05) is 0 Å². The van der Waals surface area contributed by atoms with Crippen molar-refractivity contribution in [3.63, 3.8) is 0 Å². The second-order valence-corrected chi connectivity index (χ2v) is 5.69. The first kappa shape index (κ1) is 15.4. The number of halogens is 1. The molecule has 0 saturated carbocycles. The summed E-state index contributed by atoms with van der Waals surface area (Å²) in [5, 5.41) is 0.892. The molecule has 4 nitrogen and oxygen atoms in total. The van der Waals surface area contributed by atoms with Gasteiger partial charge >= 0.3 is 0 Å². The number of nitrogens with zero attached hydrogens (tertiary/aromatic N) is 3. The van der Waals surface area contributed by atoms with Gasteiger partial charge in [0.2, 0.25) is 0 Å². The molecule has 6 heteroatoms. The Morgan fingerprint density at radius 1 is 1.00 bits per heavy atom. The Balaban J connectivity index is 0.00000156. The largest absolute Gasteiger partial charge is 0.454 e. The molecule has 0 aliphatic rings. The number of hydrogen-bond donors (Lipinski definition) is 0. The third kappa shape index (κ3) is 3.31. The highest BCUT2D eigenvalue weighted by atomic mass is 35.5. The van der Waals surface area contributed by atoms with Crippen LogP contribution in [-0.4, -0.2) is 15.0 Å². The monoisotopic (exact) mass is 341 g/mol. The maximum absolute atomic E-state index is 5.84. The summed E-state index contributed by atoms with van der Waals surface area (Å²) < 4.78 is 7.00. The minimum Gasteiger partial charge on any atom is -0.454 e. The zero-order chi connectivity index (χ0) is 14.8. The fraction of sp³-hybridized carbons (Fsp3) is 0. The second kappa shape index (κ2) is 6.73. The average molecular weight is 342 g/mol. The van der Waals surface area contributed by atoms with E-state index in [4.69, 9.17) is 4.42 Å². The molecule has 0 fully saturated rings. The molecule has 0 atom stereocenters. The Bertz CT molecular complexity index is 914. The summed E-state index contributed by atoms with van der Waals surface area (Å²) in [7, 11) is 0. The van der Waals surface area contributed by atoms with E-state index in [0.29, 0.717) is 0 Å². The predicted molar refractivity (Wildman–Crippen MR) is 95.5 cm³/mol. The van der Waals surface area contributed by atoms with Gasteiger partial charge in [-0.1, -0.05) is 12.1 Å². The molecule has 0 aliphatic heterocycles. The molecular formula is C17H12ClN3OS. The molecule has 0 aliphatic carbocycles. The molecule has 4 aromatic rings. The molecule has 1 aromatic carbocycles. The van der Waals surface area contributed by atoms with Crippen molar-refractivity contribution >= 4 is 46.1 Å². The molecule has 0 spiro atoms. The van der Waals surface area contributed by atoms with Crippen LogP contribution in [-0.2, 0) is 0 Å². The summed E-state index contributed by atoms with van der Waals surface area (Å²) in [6, 6.07) is 13.8. The van der Waals surface area contributed by atoms with Crippen molar-refractivity contribution in [3.05, 3.63) is 66.4 Å². The van der Waals surface area contributed by atoms with E-state index in [9.17, 15) is 0 Å². The molecule has 114 valence electrons. The number of hydrogen-bond acceptors (Lipinski definition) is 5. The summed E-state index contributed by atoms with van der Waals surface area (Å²) in [4.78, 5) is 12.6. The molecule has 0 bridgehead atoms. The van der Waals surface area contributed by atoms with Gasteiger partial charge in [0, 0.05) is 6.20 Å². The summed E-state index contributed by atoms with van der Waals surface area (Å²) >= 11 is 1.63. The Morgan fingerprint density at radius 2 is 1.91 bits per heavy atom. The summed E-state index contributed by atoms with van der Waals surface area (Å²) in [6.45, 7) is 0. The van der Waals surface area contributed by atoms with Gasteiger partial charge in [0.25, 0.3) is 0 Å². The molecule has 0 unspecified atom stereocenters. The first-order chi connectivity index (χ1) is 10.9. The van der Waals surface area contributed by atoms with Crippen LogP contribution in [0.25, 0.3) is 33.1 Å². The van der Waals surface area contributed by atoms with Crippen LogP contribution in [0.2, 0.25) is 0 Å². The third-order valence-corrected chi connectivity index (χ3v) is 4.21. The van der Waals surface area contributed by atoms with Gasteiger partial charge < -0.3 is 4.42 Å². The lowest BCUT2D eigenvalue weighted by molar-refractivity contribution is 0.572. The maximum Gasteiger partial charge on any atom is 0.163 e. The van der Waals surface area contributed by atoms with Crippen molar-refractivity contribution in [1.82, 2.24) is 15.0 Å². The lowest BCUT2D eigenvalue weighted by atomic mass is 10.3. The van der Waals surface area contributed by atoms with Gasteiger partial charge in [0.15, 0.2) is 10.8 Å². The molecule has 0 N–H and O–H groups in total. The Hall–Kier alpha value is -2.50. The van der Waals surface area contributed by atoms with E-state index in [0.717, 1.165) is 32.4 Å².